The molecule has 3 rings (SSSR count). The van der Waals surface area contributed by atoms with Crippen molar-refractivity contribution < 1.29 is 18.3 Å². The average Bonchev–Trinajstić information content (AvgIpc) is 2.67. The van der Waals surface area contributed by atoms with Crippen LogP contribution >= 0.6 is 0 Å². The molecule has 0 aliphatic carbocycles. The molecule has 0 radical (unpaired) electrons. The number of carbonyl (C=O) groups excluding carboxylic acids is 1. The van der Waals surface area contributed by atoms with Crippen LogP contribution in [-0.4, -0.2) is 43.5 Å². The molecule has 7 heteroatoms. The number of amides is 1. The van der Waals surface area contributed by atoms with Gasteiger partial charge in [-0.25, -0.2) is 13.1 Å². The maximum absolute atomic E-state index is 12.7. The highest BCUT2D eigenvalue weighted by Gasteiger charge is 2.28. The normalized spacial score (nSPS) is 15.7. The van der Waals surface area contributed by atoms with Crippen molar-refractivity contribution in [3.8, 4) is 5.75 Å². The van der Waals surface area contributed by atoms with Crippen LogP contribution in [0.4, 0.5) is 0 Å². The molecule has 1 aliphatic rings. The van der Waals surface area contributed by atoms with Crippen molar-refractivity contribution in [2.24, 2.45) is 0 Å². The molecule has 1 heterocycles. The van der Waals surface area contributed by atoms with E-state index in [0.29, 0.717) is 37.1 Å². The van der Waals surface area contributed by atoms with Crippen LogP contribution in [0.25, 0.3) is 0 Å². The summed E-state index contributed by atoms with van der Waals surface area (Å²) >= 11 is 0. The lowest BCUT2D eigenvalue weighted by atomic mass is 10.0. The third-order valence-electron chi connectivity index (χ3n) is 5.09. The van der Waals surface area contributed by atoms with Gasteiger partial charge in [0.1, 0.15) is 5.75 Å². The fourth-order valence-corrected chi connectivity index (χ4v) is 4.56. The van der Waals surface area contributed by atoms with Gasteiger partial charge in [0.15, 0.2) is 0 Å². The number of carbonyl (C=O) groups is 1. The molecule has 0 bridgehead atoms. The highest BCUT2D eigenvalue weighted by Crippen LogP contribution is 2.27. The highest BCUT2D eigenvalue weighted by atomic mass is 32.2. The summed E-state index contributed by atoms with van der Waals surface area (Å²) in [6.45, 7) is 4.54. The largest absolute Gasteiger partial charge is 0.507 e. The Hall–Kier alpha value is -2.38. The van der Waals surface area contributed by atoms with Crippen molar-refractivity contribution >= 4 is 15.9 Å². The van der Waals surface area contributed by atoms with E-state index in [2.05, 4.69) is 4.72 Å². The molecule has 0 atom stereocenters. The van der Waals surface area contributed by atoms with Crippen LogP contribution in [0.2, 0.25) is 0 Å². The molecule has 1 aliphatic heterocycles. The molecule has 1 amide bonds. The Balaban J connectivity index is 1.64. The van der Waals surface area contributed by atoms with E-state index in [4.69, 9.17) is 0 Å². The summed E-state index contributed by atoms with van der Waals surface area (Å²) in [5, 5.41) is 10.3. The van der Waals surface area contributed by atoms with Gasteiger partial charge in [0.2, 0.25) is 10.0 Å². The monoisotopic (exact) mass is 388 g/mol. The van der Waals surface area contributed by atoms with Crippen molar-refractivity contribution in [1.82, 2.24) is 9.62 Å². The second-order valence-electron chi connectivity index (χ2n) is 6.90. The van der Waals surface area contributed by atoms with Crippen LogP contribution in [0.3, 0.4) is 0 Å². The lowest BCUT2D eigenvalue weighted by Crippen LogP contribution is -2.46. The Labute approximate surface area is 159 Å². The Morgan fingerprint density at radius 1 is 1.07 bits per heavy atom. The van der Waals surface area contributed by atoms with Gasteiger partial charge in [-0.3, -0.25) is 4.79 Å². The van der Waals surface area contributed by atoms with Crippen molar-refractivity contribution in [2.45, 2.75) is 37.6 Å². The molecular weight excluding hydrogens is 364 g/mol. The van der Waals surface area contributed by atoms with Gasteiger partial charge in [-0.15, -0.1) is 0 Å². The quantitative estimate of drug-likeness (QED) is 0.843. The summed E-state index contributed by atoms with van der Waals surface area (Å²) in [5.74, 6) is -0.202. The zero-order valence-corrected chi connectivity index (χ0v) is 16.3. The molecule has 27 heavy (non-hydrogen) atoms. The smallest absolute Gasteiger partial charge is 0.257 e. The number of aryl methyl sites for hydroxylation is 1. The van der Waals surface area contributed by atoms with E-state index >= 15 is 0 Å². The number of aromatic hydroxyl groups is 1. The Kier molecular flexibility index (Phi) is 5.53. The Morgan fingerprint density at radius 3 is 2.33 bits per heavy atom. The van der Waals surface area contributed by atoms with Gasteiger partial charge in [-0.2, -0.15) is 0 Å². The number of phenols is 1. The first-order valence-corrected chi connectivity index (χ1v) is 10.4. The first kappa shape index (κ1) is 19.4. The second kappa shape index (κ2) is 7.70. The standard InChI is InChI=1S/C20H24N2O4S/c1-14-8-9-18(19(23)15(14)2)20(24)22-12-10-16(11-13-22)21-27(25,26)17-6-4-3-5-7-17/h3-9,16,21,23H,10-13H2,1-2H3. The van der Waals surface area contributed by atoms with Crippen LogP contribution in [0.1, 0.15) is 34.3 Å². The van der Waals surface area contributed by atoms with E-state index in [-0.39, 0.29) is 22.6 Å². The molecule has 2 aromatic rings. The van der Waals surface area contributed by atoms with Crippen molar-refractivity contribution in [2.75, 3.05) is 13.1 Å². The van der Waals surface area contributed by atoms with Gasteiger partial charge in [0.25, 0.3) is 5.91 Å². The number of phenolic OH excluding ortho intramolecular Hbond substituents is 1. The molecule has 0 unspecified atom stereocenters. The molecule has 0 saturated carbocycles. The van der Waals surface area contributed by atoms with Gasteiger partial charge in [-0.05, 0) is 56.0 Å². The minimum absolute atomic E-state index is 0.0203. The Bertz CT molecular complexity index is 934. The minimum atomic E-state index is -3.56. The van der Waals surface area contributed by atoms with E-state index in [1.807, 2.05) is 13.0 Å². The predicted molar refractivity (Wildman–Crippen MR) is 103 cm³/mol. The predicted octanol–water partition coefficient (Wildman–Crippen LogP) is 2.59. The third-order valence-corrected chi connectivity index (χ3v) is 6.63. The summed E-state index contributed by atoms with van der Waals surface area (Å²) in [5.41, 5.74) is 1.92. The first-order valence-electron chi connectivity index (χ1n) is 8.95. The molecule has 0 spiro atoms. The lowest BCUT2D eigenvalue weighted by molar-refractivity contribution is 0.0708. The van der Waals surface area contributed by atoms with Crippen LogP contribution in [-0.2, 0) is 10.0 Å². The van der Waals surface area contributed by atoms with Crippen molar-refractivity contribution in [1.29, 1.82) is 0 Å². The fraction of sp³-hybridized carbons (Fsp3) is 0.350. The summed E-state index contributed by atoms with van der Waals surface area (Å²) < 4.78 is 27.6. The van der Waals surface area contributed by atoms with Crippen molar-refractivity contribution in [3.63, 3.8) is 0 Å². The maximum atomic E-state index is 12.7. The van der Waals surface area contributed by atoms with E-state index in [1.165, 1.54) is 0 Å². The number of sulfonamides is 1. The molecule has 0 aromatic heterocycles. The number of rotatable bonds is 4. The van der Waals surface area contributed by atoms with Gasteiger partial charge in [0, 0.05) is 19.1 Å². The van der Waals surface area contributed by atoms with Gasteiger partial charge >= 0.3 is 0 Å². The minimum Gasteiger partial charge on any atom is -0.507 e. The molecule has 6 nitrogen and oxygen atoms in total. The van der Waals surface area contributed by atoms with E-state index < -0.39 is 10.0 Å². The lowest BCUT2D eigenvalue weighted by Gasteiger charge is -2.32. The summed E-state index contributed by atoms with van der Waals surface area (Å²) in [7, 11) is -3.56. The van der Waals surface area contributed by atoms with Crippen LogP contribution in [0.5, 0.6) is 5.75 Å². The highest BCUT2D eigenvalue weighted by molar-refractivity contribution is 7.89. The van der Waals surface area contributed by atoms with Gasteiger partial charge < -0.3 is 10.0 Å². The maximum Gasteiger partial charge on any atom is 0.257 e. The molecule has 2 aromatic carbocycles. The van der Waals surface area contributed by atoms with E-state index in [1.54, 1.807) is 48.2 Å². The molecular formula is C20H24N2O4S. The van der Waals surface area contributed by atoms with E-state index in [0.717, 1.165) is 5.56 Å². The first-order chi connectivity index (χ1) is 12.8. The SMILES string of the molecule is Cc1ccc(C(=O)N2CCC(NS(=O)(=O)c3ccccc3)CC2)c(O)c1C. The number of nitrogens with one attached hydrogen (secondary N) is 1. The summed E-state index contributed by atoms with van der Waals surface area (Å²) in [4.78, 5) is 14.6. The number of likely N-dealkylation sites (tertiary alicyclic amines) is 1. The van der Waals surface area contributed by atoms with Crippen LogP contribution in [0, 0.1) is 13.8 Å². The van der Waals surface area contributed by atoms with E-state index in [9.17, 15) is 18.3 Å². The van der Waals surface area contributed by atoms with Crippen LogP contribution < -0.4 is 4.72 Å². The summed E-state index contributed by atoms with van der Waals surface area (Å²) in [6, 6.07) is 11.5. The number of hydrogen-bond donors (Lipinski definition) is 2. The third kappa shape index (κ3) is 4.14. The fourth-order valence-electron chi connectivity index (χ4n) is 3.23. The van der Waals surface area contributed by atoms with Gasteiger partial charge in [0.05, 0.1) is 10.5 Å². The number of hydrogen-bond acceptors (Lipinski definition) is 4. The van der Waals surface area contributed by atoms with Crippen LogP contribution in [0.15, 0.2) is 47.4 Å². The average molecular weight is 388 g/mol. The Morgan fingerprint density at radius 2 is 1.70 bits per heavy atom. The molecule has 144 valence electrons. The molecule has 1 fully saturated rings. The number of nitrogens with zero attached hydrogens (tertiary/aromatic N) is 1. The number of piperidine rings is 1. The summed E-state index contributed by atoms with van der Waals surface area (Å²) in [6.07, 6.45) is 1.06. The topological polar surface area (TPSA) is 86.7 Å². The zero-order chi connectivity index (χ0) is 19.6. The van der Waals surface area contributed by atoms with Crippen molar-refractivity contribution in [3.05, 3.63) is 59.2 Å². The molecule has 1 saturated heterocycles. The second-order valence-corrected chi connectivity index (χ2v) is 8.62. The zero-order valence-electron chi connectivity index (χ0n) is 15.5. The molecule has 2 N–H and O–H groups in total. The van der Waals surface area contributed by atoms with Gasteiger partial charge in [-0.1, -0.05) is 24.3 Å². The number of benzene rings is 2.